The van der Waals surface area contributed by atoms with Crippen molar-refractivity contribution in [3.05, 3.63) is 71.0 Å². The van der Waals surface area contributed by atoms with E-state index in [1.54, 1.807) is 24.3 Å². The first-order valence-electron chi connectivity index (χ1n) is 8.46. The molecule has 0 saturated heterocycles. The largest absolute Gasteiger partial charge is 0.494 e. The van der Waals surface area contributed by atoms with Crippen LogP contribution < -0.4 is 15.4 Å². The number of aromatic nitrogens is 2. The summed E-state index contributed by atoms with van der Waals surface area (Å²) in [5.74, 6) is 0.779. The predicted molar refractivity (Wildman–Crippen MR) is 107 cm³/mol. The Hall–Kier alpha value is -3.12. The SMILES string of the molecule is CCOc1ccc(Nc2nccc(C(=O)Nc3cccc(Cl)c3C)n2)cc1. The Morgan fingerprint density at radius 3 is 2.67 bits per heavy atom. The Bertz CT molecular complexity index is 945. The van der Waals surface area contributed by atoms with E-state index in [4.69, 9.17) is 16.3 Å². The van der Waals surface area contributed by atoms with Crippen molar-refractivity contribution in [3.63, 3.8) is 0 Å². The highest BCUT2D eigenvalue weighted by molar-refractivity contribution is 6.31. The zero-order valence-electron chi connectivity index (χ0n) is 15.0. The lowest BCUT2D eigenvalue weighted by Gasteiger charge is -2.10. The summed E-state index contributed by atoms with van der Waals surface area (Å²) in [6.07, 6.45) is 1.53. The Labute approximate surface area is 162 Å². The van der Waals surface area contributed by atoms with E-state index in [9.17, 15) is 4.79 Å². The fourth-order valence-electron chi connectivity index (χ4n) is 2.40. The molecule has 0 aliphatic rings. The van der Waals surface area contributed by atoms with Crippen LogP contribution in [0.4, 0.5) is 17.3 Å². The number of nitrogens with one attached hydrogen (secondary N) is 2. The Balaban J connectivity index is 1.72. The Morgan fingerprint density at radius 1 is 1.15 bits per heavy atom. The Kier molecular flexibility index (Phi) is 5.88. The van der Waals surface area contributed by atoms with Gasteiger partial charge in [0.05, 0.1) is 6.61 Å². The number of nitrogens with zero attached hydrogens (tertiary/aromatic N) is 2. The van der Waals surface area contributed by atoms with E-state index in [1.165, 1.54) is 6.20 Å². The number of halogens is 1. The molecule has 27 heavy (non-hydrogen) atoms. The van der Waals surface area contributed by atoms with Gasteiger partial charge in [-0.25, -0.2) is 9.97 Å². The molecule has 2 aromatic carbocycles. The summed E-state index contributed by atoms with van der Waals surface area (Å²) in [7, 11) is 0. The van der Waals surface area contributed by atoms with Crippen molar-refractivity contribution in [2.45, 2.75) is 13.8 Å². The van der Waals surface area contributed by atoms with Crippen LogP contribution >= 0.6 is 11.6 Å². The predicted octanol–water partition coefficient (Wildman–Crippen LogP) is 4.83. The third-order valence-corrected chi connectivity index (χ3v) is 4.24. The van der Waals surface area contributed by atoms with Gasteiger partial charge in [-0.1, -0.05) is 17.7 Å². The number of anilines is 3. The molecule has 7 heteroatoms. The van der Waals surface area contributed by atoms with Crippen molar-refractivity contribution in [2.75, 3.05) is 17.2 Å². The second-order valence-electron chi connectivity index (χ2n) is 5.71. The van der Waals surface area contributed by atoms with Crippen LogP contribution in [-0.4, -0.2) is 22.5 Å². The molecule has 0 radical (unpaired) electrons. The molecule has 1 heterocycles. The summed E-state index contributed by atoms with van der Waals surface area (Å²) in [5, 5.41) is 6.49. The molecule has 6 nitrogen and oxygen atoms in total. The van der Waals surface area contributed by atoms with E-state index in [-0.39, 0.29) is 11.6 Å². The van der Waals surface area contributed by atoms with Crippen molar-refractivity contribution < 1.29 is 9.53 Å². The van der Waals surface area contributed by atoms with Gasteiger partial charge in [-0.2, -0.15) is 0 Å². The van der Waals surface area contributed by atoms with Crippen LogP contribution in [0, 0.1) is 6.92 Å². The van der Waals surface area contributed by atoms with Crippen molar-refractivity contribution in [3.8, 4) is 5.75 Å². The van der Waals surface area contributed by atoms with Gasteiger partial charge in [-0.15, -0.1) is 0 Å². The fraction of sp³-hybridized carbons (Fsp3) is 0.150. The minimum absolute atomic E-state index is 0.248. The number of hydrogen-bond acceptors (Lipinski definition) is 5. The lowest BCUT2D eigenvalue weighted by atomic mass is 10.2. The molecule has 0 unspecified atom stereocenters. The van der Waals surface area contributed by atoms with Gasteiger partial charge in [-0.3, -0.25) is 4.79 Å². The first-order chi connectivity index (χ1) is 13.1. The van der Waals surface area contributed by atoms with Crippen LogP contribution in [0.2, 0.25) is 5.02 Å². The molecule has 2 N–H and O–H groups in total. The van der Waals surface area contributed by atoms with Crippen molar-refractivity contribution in [1.29, 1.82) is 0 Å². The number of carbonyl (C=O) groups is 1. The maximum absolute atomic E-state index is 12.5. The topological polar surface area (TPSA) is 76.1 Å². The number of rotatable bonds is 6. The average molecular weight is 383 g/mol. The Morgan fingerprint density at radius 2 is 1.93 bits per heavy atom. The molecular weight excluding hydrogens is 364 g/mol. The molecule has 1 aromatic heterocycles. The quantitative estimate of drug-likeness (QED) is 0.638. The van der Waals surface area contributed by atoms with Crippen molar-refractivity contribution in [2.24, 2.45) is 0 Å². The highest BCUT2D eigenvalue weighted by Crippen LogP contribution is 2.23. The van der Waals surface area contributed by atoms with E-state index >= 15 is 0 Å². The van der Waals surface area contributed by atoms with E-state index < -0.39 is 0 Å². The molecule has 0 spiro atoms. The van der Waals surface area contributed by atoms with Gasteiger partial charge in [-0.05, 0) is 61.9 Å². The van der Waals surface area contributed by atoms with Gasteiger partial charge >= 0.3 is 0 Å². The molecule has 0 bridgehead atoms. The van der Waals surface area contributed by atoms with Gasteiger partial charge < -0.3 is 15.4 Å². The van der Waals surface area contributed by atoms with Crippen LogP contribution in [0.25, 0.3) is 0 Å². The molecule has 1 amide bonds. The molecular formula is C20H19ClN4O2. The second-order valence-corrected chi connectivity index (χ2v) is 6.12. The smallest absolute Gasteiger partial charge is 0.274 e. The first-order valence-corrected chi connectivity index (χ1v) is 8.84. The van der Waals surface area contributed by atoms with Gasteiger partial charge in [0.1, 0.15) is 11.4 Å². The molecule has 3 aromatic rings. The molecule has 3 rings (SSSR count). The monoisotopic (exact) mass is 382 g/mol. The highest BCUT2D eigenvalue weighted by Gasteiger charge is 2.11. The third kappa shape index (κ3) is 4.74. The molecule has 0 aliphatic carbocycles. The summed E-state index contributed by atoms with van der Waals surface area (Å²) >= 11 is 6.09. The van der Waals surface area contributed by atoms with Gasteiger partial charge in [0.15, 0.2) is 0 Å². The van der Waals surface area contributed by atoms with Crippen LogP contribution in [0.1, 0.15) is 23.0 Å². The zero-order chi connectivity index (χ0) is 19.2. The summed E-state index contributed by atoms with van der Waals surface area (Å²) < 4.78 is 5.41. The number of hydrogen-bond donors (Lipinski definition) is 2. The van der Waals surface area contributed by atoms with Crippen LogP contribution in [0.15, 0.2) is 54.7 Å². The minimum Gasteiger partial charge on any atom is -0.494 e. The standard InChI is InChI=1S/C20H19ClN4O2/c1-3-27-15-9-7-14(8-10-15)23-20-22-12-11-18(25-20)19(26)24-17-6-4-5-16(21)13(17)2/h4-12H,3H2,1-2H3,(H,24,26)(H,22,23,25). The lowest BCUT2D eigenvalue weighted by Crippen LogP contribution is -2.15. The van der Waals surface area contributed by atoms with Crippen LogP contribution in [0.5, 0.6) is 5.75 Å². The normalized spacial score (nSPS) is 10.3. The maximum atomic E-state index is 12.5. The van der Waals surface area contributed by atoms with Crippen molar-refractivity contribution >= 4 is 34.8 Å². The number of amides is 1. The van der Waals surface area contributed by atoms with E-state index in [0.29, 0.717) is 23.3 Å². The van der Waals surface area contributed by atoms with Crippen LogP contribution in [0.3, 0.4) is 0 Å². The zero-order valence-corrected chi connectivity index (χ0v) is 15.7. The second kappa shape index (κ2) is 8.51. The first kappa shape index (κ1) is 18.7. The maximum Gasteiger partial charge on any atom is 0.274 e. The minimum atomic E-state index is -0.336. The lowest BCUT2D eigenvalue weighted by molar-refractivity contribution is 0.102. The summed E-state index contributed by atoms with van der Waals surface area (Å²) in [6, 6.07) is 14.3. The van der Waals surface area contributed by atoms with Crippen molar-refractivity contribution in [1.82, 2.24) is 9.97 Å². The van der Waals surface area contributed by atoms with E-state index in [0.717, 1.165) is 17.0 Å². The molecule has 0 atom stereocenters. The molecule has 0 fully saturated rings. The van der Waals surface area contributed by atoms with E-state index in [1.807, 2.05) is 38.1 Å². The number of ether oxygens (including phenoxy) is 1. The summed E-state index contributed by atoms with van der Waals surface area (Å²) in [5.41, 5.74) is 2.49. The average Bonchev–Trinajstić information content (AvgIpc) is 2.67. The van der Waals surface area contributed by atoms with Gasteiger partial charge in [0.25, 0.3) is 5.91 Å². The number of benzene rings is 2. The summed E-state index contributed by atoms with van der Waals surface area (Å²) in [4.78, 5) is 20.9. The van der Waals surface area contributed by atoms with E-state index in [2.05, 4.69) is 20.6 Å². The third-order valence-electron chi connectivity index (χ3n) is 3.83. The highest BCUT2D eigenvalue weighted by atomic mass is 35.5. The molecule has 0 aliphatic heterocycles. The van der Waals surface area contributed by atoms with Crippen LogP contribution in [-0.2, 0) is 0 Å². The summed E-state index contributed by atoms with van der Waals surface area (Å²) in [6.45, 7) is 4.39. The molecule has 0 saturated carbocycles. The number of carbonyl (C=O) groups excluding carboxylic acids is 1. The fourth-order valence-corrected chi connectivity index (χ4v) is 2.58. The molecule has 138 valence electrons. The van der Waals surface area contributed by atoms with Gasteiger partial charge in [0.2, 0.25) is 5.95 Å². The van der Waals surface area contributed by atoms with Gasteiger partial charge in [0, 0.05) is 22.6 Å².